The maximum atomic E-state index is 15.1. The van der Waals surface area contributed by atoms with Crippen molar-refractivity contribution in [1.82, 2.24) is 13.9 Å². The molecule has 0 spiro atoms. The molecule has 0 radical (unpaired) electrons. The minimum atomic E-state index is -4.54. The van der Waals surface area contributed by atoms with E-state index in [9.17, 15) is 26.0 Å². The predicted molar refractivity (Wildman–Crippen MR) is 135 cm³/mol. The zero-order valence-electron chi connectivity index (χ0n) is 20.1. The van der Waals surface area contributed by atoms with Crippen LogP contribution in [0, 0.1) is 11.8 Å². The first kappa shape index (κ1) is 26.0. The molecule has 1 N–H and O–H groups in total. The molecule has 5 rings (SSSR count). The number of oxazole rings is 1. The first-order chi connectivity index (χ1) is 17.8. The number of sulfonamides is 2. The van der Waals surface area contributed by atoms with Crippen molar-refractivity contribution in [3.8, 4) is 0 Å². The van der Waals surface area contributed by atoms with Crippen LogP contribution in [0.3, 0.4) is 0 Å². The van der Waals surface area contributed by atoms with Gasteiger partial charge in [0.15, 0.2) is 5.58 Å². The molecule has 2 aromatic carbocycles. The molecule has 200 valence electrons. The van der Waals surface area contributed by atoms with Crippen LogP contribution in [0.5, 0.6) is 0 Å². The van der Waals surface area contributed by atoms with Crippen LogP contribution < -0.4 is 10.5 Å². The highest BCUT2D eigenvalue weighted by atomic mass is 32.2. The Morgan fingerprint density at radius 1 is 1.05 bits per heavy atom. The van der Waals surface area contributed by atoms with Crippen molar-refractivity contribution in [2.24, 2.45) is 0 Å². The zero-order chi connectivity index (χ0) is 27.4. The van der Waals surface area contributed by atoms with Gasteiger partial charge in [0, 0.05) is 31.1 Å². The standard InChI is InChI=1S/C24H22F2N4O6S2/c1-14(16-6-3-4-7-17(16)15-12-29(13-15)37(2,32)33)30-19-10-18(25)21(11-20(19)36-24(30)31)38(34,35)28-23-9-5-8-22(26)27-23/h3-11,14-15H,12-13H2,1-2H3,(H,27,28)/t14-/m1/s1. The Labute approximate surface area is 216 Å². The van der Waals surface area contributed by atoms with Crippen molar-refractivity contribution < 1.29 is 30.0 Å². The fourth-order valence-corrected chi connectivity index (χ4v) is 6.55. The van der Waals surface area contributed by atoms with Gasteiger partial charge in [0.2, 0.25) is 16.0 Å². The minimum Gasteiger partial charge on any atom is -0.408 e. The average Bonchev–Trinajstić information content (AvgIpc) is 3.10. The van der Waals surface area contributed by atoms with Gasteiger partial charge in [-0.1, -0.05) is 30.3 Å². The first-order valence-corrected chi connectivity index (χ1v) is 14.7. The van der Waals surface area contributed by atoms with E-state index >= 15 is 4.39 Å². The van der Waals surface area contributed by atoms with Crippen LogP contribution in [-0.4, -0.2) is 50.0 Å². The molecule has 2 aromatic heterocycles. The topological polar surface area (TPSA) is 132 Å². The van der Waals surface area contributed by atoms with E-state index in [-0.39, 0.29) is 22.8 Å². The Bertz CT molecular complexity index is 1830. The van der Waals surface area contributed by atoms with Gasteiger partial charge in [-0.25, -0.2) is 35.3 Å². The summed E-state index contributed by atoms with van der Waals surface area (Å²) < 4.78 is 87.6. The van der Waals surface area contributed by atoms with E-state index in [0.29, 0.717) is 18.7 Å². The van der Waals surface area contributed by atoms with Crippen LogP contribution in [-0.2, 0) is 20.0 Å². The molecular formula is C24H22F2N4O6S2. The summed E-state index contributed by atoms with van der Waals surface area (Å²) in [5, 5.41) is 0. The molecule has 38 heavy (non-hydrogen) atoms. The van der Waals surface area contributed by atoms with Gasteiger partial charge in [0.05, 0.1) is 17.8 Å². The smallest absolute Gasteiger partial charge is 0.408 e. The summed E-state index contributed by atoms with van der Waals surface area (Å²) in [6, 6.07) is 11.8. The van der Waals surface area contributed by atoms with E-state index in [1.54, 1.807) is 19.1 Å². The second kappa shape index (κ2) is 9.29. The Morgan fingerprint density at radius 3 is 2.45 bits per heavy atom. The number of pyridine rings is 1. The quantitative estimate of drug-likeness (QED) is 0.341. The third kappa shape index (κ3) is 4.70. The lowest BCUT2D eigenvalue weighted by atomic mass is 9.87. The van der Waals surface area contributed by atoms with Gasteiger partial charge in [-0.3, -0.25) is 9.29 Å². The molecule has 0 bridgehead atoms. The summed E-state index contributed by atoms with van der Waals surface area (Å²) in [5.74, 6) is -3.35. The van der Waals surface area contributed by atoms with Crippen LogP contribution in [0.4, 0.5) is 14.6 Å². The molecule has 0 aliphatic carbocycles. The maximum absolute atomic E-state index is 15.1. The maximum Gasteiger partial charge on any atom is 0.420 e. The highest BCUT2D eigenvalue weighted by molar-refractivity contribution is 7.92. The van der Waals surface area contributed by atoms with Gasteiger partial charge in [0.25, 0.3) is 10.0 Å². The van der Waals surface area contributed by atoms with E-state index in [4.69, 9.17) is 4.42 Å². The van der Waals surface area contributed by atoms with Crippen molar-refractivity contribution in [3.63, 3.8) is 0 Å². The SMILES string of the molecule is C[C@H](c1ccccc1C1CN(S(C)(=O)=O)C1)n1c(=O)oc2cc(S(=O)(=O)Nc3cccc(F)n3)c(F)cc21. The Kier molecular flexibility index (Phi) is 6.36. The average molecular weight is 565 g/mol. The predicted octanol–water partition coefficient (Wildman–Crippen LogP) is 3.04. The van der Waals surface area contributed by atoms with E-state index in [0.717, 1.165) is 30.0 Å². The van der Waals surface area contributed by atoms with E-state index in [2.05, 4.69) is 4.98 Å². The van der Waals surface area contributed by atoms with Crippen LogP contribution in [0.2, 0.25) is 0 Å². The number of nitrogens with zero attached hydrogens (tertiary/aromatic N) is 3. The number of hydrogen-bond acceptors (Lipinski definition) is 7. The third-order valence-electron chi connectivity index (χ3n) is 6.50. The number of halogens is 2. The fraction of sp³-hybridized carbons (Fsp3) is 0.250. The third-order valence-corrected chi connectivity index (χ3v) is 9.11. The number of hydrogen-bond donors (Lipinski definition) is 1. The van der Waals surface area contributed by atoms with E-state index < -0.39 is 48.5 Å². The molecule has 1 fully saturated rings. The van der Waals surface area contributed by atoms with Crippen LogP contribution >= 0.6 is 0 Å². The van der Waals surface area contributed by atoms with Gasteiger partial charge in [0.1, 0.15) is 16.5 Å². The van der Waals surface area contributed by atoms with Crippen molar-refractivity contribution in [2.45, 2.75) is 23.8 Å². The Morgan fingerprint density at radius 2 is 1.76 bits per heavy atom. The van der Waals surface area contributed by atoms with Crippen molar-refractivity contribution in [1.29, 1.82) is 0 Å². The van der Waals surface area contributed by atoms with Gasteiger partial charge >= 0.3 is 5.76 Å². The molecule has 3 heterocycles. The van der Waals surface area contributed by atoms with Crippen molar-refractivity contribution >= 4 is 37.0 Å². The highest BCUT2D eigenvalue weighted by Crippen LogP contribution is 2.35. The number of rotatable bonds is 7. The number of aromatic nitrogens is 2. The molecule has 4 aromatic rings. The second-order valence-electron chi connectivity index (χ2n) is 9.02. The largest absolute Gasteiger partial charge is 0.420 e. The number of fused-ring (bicyclic) bond motifs is 1. The van der Waals surface area contributed by atoms with Gasteiger partial charge in [-0.15, -0.1) is 0 Å². The summed E-state index contributed by atoms with van der Waals surface area (Å²) in [4.78, 5) is 15.5. The van der Waals surface area contributed by atoms with Gasteiger partial charge < -0.3 is 4.42 Å². The molecule has 1 aliphatic rings. The molecular weight excluding hydrogens is 542 g/mol. The summed E-state index contributed by atoms with van der Waals surface area (Å²) in [7, 11) is -7.86. The number of benzene rings is 2. The normalized spacial score (nSPS) is 15.9. The summed E-state index contributed by atoms with van der Waals surface area (Å²) in [6.07, 6.45) is 1.14. The van der Waals surface area contributed by atoms with Gasteiger partial charge in [-0.05, 0) is 30.2 Å². The molecule has 0 saturated carbocycles. The van der Waals surface area contributed by atoms with Crippen LogP contribution in [0.25, 0.3) is 11.1 Å². The molecule has 1 atom stereocenters. The summed E-state index contributed by atoms with van der Waals surface area (Å²) in [6.45, 7) is 2.31. The number of anilines is 1. The first-order valence-electron chi connectivity index (χ1n) is 11.4. The summed E-state index contributed by atoms with van der Waals surface area (Å²) >= 11 is 0. The van der Waals surface area contributed by atoms with E-state index in [1.165, 1.54) is 21.0 Å². The van der Waals surface area contributed by atoms with Crippen molar-refractivity contribution in [3.05, 3.63) is 88.0 Å². The Hall–Kier alpha value is -3.62. The van der Waals surface area contributed by atoms with E-state index in [1.807, 2.05) is 16.9 Å². The van der Waals surface area contributed by atoms with Crippen LogP contribution in [0.1, 0.15) is 30.0 Å². The lowest BCUT2D eigenvalue weighted by molar-refractivity contribution is 0.264. The molecule has 1 aliphatic heterocycles. The molecule has 0 unspecified atom stereocenters. The molecule has 10 nitrogen and oxygen atoms in total. The zero-order valence-corrected chi connectivity index (χ0v) is 21.8. The van der Waals surface area contributed by atoms with Gasteiger partial charge in [-0.2, -0.15) is 4.39 Å². The lowest BCUT2D eigenvalue weighted by Gasteiger charge is -2.38. The molecule has 0 amide bonds. The monoisotopic (exact) mass is 564 g/mol. The number of nitrogens with one attached hydrogen (secondary N) is 1. The Balaban J connectivity index is 1.51. The fourth-order valence-electron chi connectivity index (χ4n) is 4.57. The second-order valence-corrected chi connectivity index (χ2v) is 12.7. The molecule has 14 heteroatoms. The summed E-state index contributed by atoms with van der Waals surface area (Å²) in [5.41, 5.74) is 1.42. The lowest BCUT2D eigenvalue weighted by Crippen LogP contribution is -2.48. The highest BCUT2D eigenvalue weighted by Gasteiger charge is 2.36. The van der Waals surface area contributed by atoms with Crippen molar-refractivity contribution in [2.75, 3.05) is 24.1 Å². The molecule has 1 saturated heterocycles. The van der Waals surface area contributed by atoms with Crippen LogP contribution in [0.15, 0.2) is 68.7 Å². The minimum absolute atomic E-state index is 0.0315.